The van der Waals surface area contributed by atoms with Gasteiger partial charge in [-0.3, -0.25) is 4.79 Å². The van der Waals surface area contributed by atoms with E-state index in [4.69, 9.17) is 4.74 Å². The third-order valence-electron chi connectivity index (χ3n) is 0.588. The molecule has 0 aliphatic rings. The van der Waals surface area contributed by atoms with Crippen LogP contribution in [-0.4, -0.2) is 12.1 Å². The van der Waals surface area contributed by atoms with Gasteiger partial charge in [0.15, 0.2) is 0 Å². The maximum absolute atomic E-state index is 10.3. The van der Waals surface area contributed by atoms with E-state index in [1.165, 1.54) is 6.42 Å². The highest BCUT2D eigenvalue weighted by atomic mass is 16.5. The van der Waals surface area contributed by atoms with Crippen molar-refractivity contribution in [3.8, 4) is 0 Å². The summed E-state index contributed by atoms with van der Waals surface area (Å²) in [6.45, 7) is 5.30. The molecule has 0 aromatic carbocycles. The number of carbonyl (C=O) groups is 1. The van der Waals surface area contributed by atoms with Crippen LogP contribution in [0.4, 0.5) is 0 Å². The number of esters is 1. The molecule has 0 fully saturated rings. The standard InChI is InChI=1S/C6H11O2/c1-4-6(7)8-5(2)3/h4-5H,1-3H3. The Kier molecular flexibility index (Phi) is 3.24. The summed E-state index contributed by atoms with van der Waals surface area (Å²) in [4.78, 5) is 10.3. The second-order valence-electron chi connectivity index (χ2n) is 1.77. The van der Waals surface area contributed by atoms with Crippen molar-refractivity contribution in [1.82, 2.24) is 0 Å². The van der Waals surface area contributed by atoms with Gasteiger partial charge in [0.2, 0.25) is 0 Å². The first-order valence-electron chi connectivity index (χ1n) is 2.66. The molecule has 0 N–H and O–H groups in total. The molecule has 0 aliphatic carbocycles. The smallest absolute Gasteiger partial charge is 0.309 e. The van der Waals surface area contributed by atoms with Gasteiger partial charge < -0.3 is 4.74 Å². The van der Waals surface area contributed by atoms with Crippen LogP contribution in [0.3, 0.4) is 0 Å². The topological polar surface area (TPSA) is 26.3 Å². The average Bonchev–Trinajstić information content (AvgIpc) is 1.65. The van der Waals surface area contributed by atoms with Crippen molar-refractivity contribution in [2.24, 2.45) is 0 Å². The van der Waals surface area contributed by atoms with Crippen LogP contribution in [0.5, 0.6) is 0 Å². The maximum Gasteiger partial charge on any atom is 0.309 e. The van der Waals surface area contributed by atoms with Crippen molar-refractivity contribution in [3.63, 3.8) is 0 Å². The first-order valence-corrected chi connectivity index (χ1v) is 2.66. The largest absolute Gasteiger partial charge is 0.463 e. The molecule has 0 rings (SSSR count). The molecule has 0 saturated carbocycles. The lowest BCUT2D eigenvalue weighted by Gasteiger charge is -2.04. The third kappa shape index (κ3) is 3.65. The fourth-order valence-electron chi connectivity index (χ4n) is 0.300. The molecule has 8 heavy (non-hydrogen) atoms. The van der Waals surface area contributed by atoms with Gasteiger partial charge in [-0.15, -0.1) is 0 Å². The average molecular weight is 115 g/mol. The number of rotatable bonds is 2. The van der Waals surface area contributed by atoms with Crippen LogP contribution >= 0.6 is 0 Å². The fraction of sp³-hybridized carbons (Fsp3) is 0.667. The molecule has 0 atom stereocenters. The summed E-state index contributed by atoms with van der Waals surface area (Å²) in [6, 6.07) is 0. The molecule has 0 amide bonds. The molecular formula is C6H11O2. The normalized spacial score (nSPS) is 9.50. The molecule has 47 valence electrons. The minimum Gasteiger partial charge on any atom is -0.463 e. The highest BCUT2D eigenvalue weighted by Gasteiger charge is 1.99. The lowest BCUT2D eigenvalue weighted by atomic mass is 10.4. The first kappa shape index (κ1) is 7.47. The number of ether oxygens (including phenoxy) is 1. The third-order valence-corrected chi connectivity index (χ3v) is 0.588. The van der Waals surface area contributed by atoms with E-state index in [-0.39, 0.29) is 12.1 Å². The lowest BCUT2D eigenvalue weighted by molar-refractivity contribution is -0.142. The molecular weight excluding hydrogens is 104 g/mol. The van der Waals surface area contributed by atoms with E-state index in [9.17, 15) is 4.79 Å². The second-order valence-corrected chi connectivity index (χ2v) is 1.77. The Hall–Kier alpha value is -0.530. The highest BCUT2D eigenvalue weighted by molar-refractivity contribution is 5.78. The summed E-state index contributed by atoms with van der Waals surface area (Å²) < 4.78 is 4.70. The van der Waals surface area contributed by atoms with Crippen molar-refractivity contribution in [2.45, 2.75) is 26.9 Å². The molecule has 0 aliphatic heterocycles. The van der Waals surface area contributed by atoms with Crippen LogP contribution in [0.2, 0.25) is 0 Å². The molecule has 0 aromatic rings. The maximum atomic E-state index is 10.3. The Labute approximate surface area is 49.8 Å². The molecule has 0 bridgehead atoms. The van der Waals surface area contributed by atoms with Crippen LogP contribution in [-0.2, 0) is 9.53 Å². The molecule has 2 heteroatoms. The quantitative estimate of drug-likeness (QED) is 0.505. The number of carbonyl (C=O) groups excluding carboxylic acids is 1. The van der Waals surface area contributed by atoms with Gasteiger partial charge in [0.05, 0.1) is 12.5 Å². The van der Waals surface area contributed by atoms with Crippen LogP contribution < -0.4 is 0 Å². The van der Waals surface area contributed by atoms with Gasteiger partial charge in [-0.05, 0) is 13.8 Å². The van der Waals surface area contributed by atoms with E-state index in [1.807, 2.05) is 13.8 Å². The minimum absolute atomic E-state index is 0.00120. The number of hydrogen-bond acceptors (Lipinski definition) is 2. The molecule has 2 nitrogen and oxygen atoms in total. The monoisotopic (exact) mass is 115 g/mol. The van der Waals surface area contributed by atoms with Crippen molar-refractivity contribution in [2.75, 3.05) is 0 Å². The van der Waals surface area contributed by atoms with Crippen LogP contribution in [0.25, 0.3) is 0 Å². The van der Waals surface area contributed by atoms with Crippen molar-refractivity contribution < 1.29 is 9.53 Å². The van der Waals surface area contributed by atoms with Crippen LogP contribution in [0.15, 0.2) is 0 Å². The van der Waals surface area contributed by atoms with Gasteiger partial charge in [0.1, 0.15) is 0 Å². The summed E-state index contributed by atoms with van der Waals surface area (Å²) in [5.74, 6) is -0.250. The summed E-state index contributed by atoms with van der Waals surface area (Å²) >= 11 is 0. The zero-order chi connectivity index (χ0) is 6.57. The summed E-state index contributed by atoms with van der Waals surface area (Å²) in [5.41, 5.74) is 0. The van der Waals surface area contributed by atoms with E-state index in [0.29, 0.717) is 0 Å². The van der Waals surface area contributed by atoms with E-state index in [0.717, 1.165) is 0 Å². The Balaban J connectivity index is 3.25. The zero-order valence-electron chi connectivity index (χ0n) is 5.47. The van der Waals surface area contributed by atoms with Gasteiger partial charge in [0, 0.05) is 0 Å². The molecule has 0 aromatic heterocycles. The molecule has 1 radical (unpaired) electrons. The molecule has 0 unspecified atom stereocenters. The van der Waals surface area contributed by atoms with Crippen LogP contribution in [0, 0.1) is 6.42 Å². The highest BCUT2D eigenvalue weighted by Crippen LogP contribution is 1.89. The number of hydrogen-bond donors (Lipinski definition) is 0. The summed E-state index contributed by atoms with van der Waals surface area (Å²) in [5, 5.41) is 0. The fourth-order valence-corrected chi connectivity index (χ4v) is 0.300. The predicted molar refractivity (Wildman–Crippen MR) is 31.2 cm³/mol. The van der Waals surface area contributed by atoms with Gasteiger partial charge in [0.25, 0.3) is 0 Å². The van der Waals surface area contributed by atoms with Crippen molar-refractivity contribution in [1.29, 1.82) is 0 Å². The zero-order valence-corrected chi connectivity index (χ0v) is 5.47. The van der Waals surface area contributed by atoms with Gasteiger partial charge >= 0.3 is 5.97 Å². The molecule has 0 heterocycles. The Morgan fingerprint density at radius 2 is 2.12 bits per heavy atom. The van der Waals surface area contributed by atoms with E-state index in [2.05, 4.69) is 0 Å². The van der Waals surface area contributed by atoms with Gasteiger partial charge in [-0.1, -0.05) is 6.92 Å². The Morgan fingerprint density at radius 1 is 1.62 bits per heavy atom. The Bertz CT molecular complexity index is 76.6. The Morgan fingerprint density at radius 3 is 2.25 bits per heavy atom. The SMILES string of the molecule is C[CH]C(=O)OC(C)C. The van der Waals surface area contributed by atoms with Gasteiger partial charge in [-0.2, -0.15) is 0 Å². The summed E-state index contributed by atoms with van der Waals surface area (Å²) in [6.07, 6.45) is 1.40. The van der Waals surface area contributed by atoms with Crippen LogP contribution in [0.1, 0.15) is 20.8 Å². The predicted octanol–water partition coefficient (Wildman–Crippen LogP) is 1.16. The summed E-state index contributed by atoms with van der Waals surface area (Å²) in [7, 11) is 0. The van der Waals surface area contributed by atoms with E-state index < -0.39 is 0 Å². The van der Waals surface area contributed by atoms with Crippen molar-refractivity contribution in [3.05, 3.63) is 6.42 Å². The second kappa shape index (κ2) is 3.47. The molecule has 0 spiro atoms. The van der Waals surface area contributed by atoms with E-state index >= 15 is 0 Å². The lowest BCUT2D eigenvalue weighted by Crippen LogP contribution is -2.09. The minimum atomic E-state index is -0.250. The van der Waals surface area contributed by atoms with Crippen molar-refractivity contribution >= 4 is 5.97 Å². The van der Waals surface area contributed by atoms with Gasteiger partial charge in [-0.25, -0.2) is 0 Å². The first-order chi connectivity index (χ1) is 3.66. The molecule has 0 saturated heterocycles. The van der Waals surface area contributed by atoms with E-state index in [1.54, 1.807) is 6.92 Å².